The quantitative estimate of drug-likeness (QED) is 0.458. The number of ether oxygens (including phenoxy) is 1. The maximum absolute atomic E-state index is 13.2. The fourth-order valence-corrected chi connectivity index (χ4v) is 4.47. The molecule has 2 aromatic heterocycles. The van der Waals surface area contributed by atoms with Gasteiger partial charge in [-0.15, -0.1) is 0 Å². The summed E-state index contributed by atoms with van der Waals surface area (Å²) in [6, 6.07) is 13.1. The first-order chi connectivity index (χ1) is 16.5. The zero-order chi connectivity index (χ0) is 23.7. The molecule has 0 unspecified atom stereocenters. The van der Waals surface area contributed by atoms with E-state index in [9.17, 15) is 9.59 Å². The second-order valence-electron chi connectivity index (χ2n) is 8.25. The number of aromatic nitrogens is 3. The number of nitrogens with zero attached hydrogens (tertiary/aromatic N) is 4. The maximum Gasteiger partial charge on any atom is 0.409 e. The van der Waals surface area contributed by atoms with Crippen LogP contribution in [-0.2, 0) is 4.74 Å². The summed E-state index contributed by atoms with van der Waals surface area (Å²) < 4.78 is 5.20. The third-order valence-electron chi connectivity index (χ3n) is 6.02. The van der Waals surface area contributed by atoms with E-state index >= 15 is 0 Å². The summed E-state index contributed by atoms with van der Waals surface area (Å²) in [5.74, 6) is -0.0938. The van der Waals surface area contributed by atoms with E-state index in [-0.39, 0.29) is 12.0 Å². The van der Waals surface area contributed by atoms with Crippen LogP contribution in [0.2, 0.25) is 5.02 Å². The van der Waals surface area contributed by atoms with E-state index in [0.717, 1.165) is 28.3 Å². The Morgan fingerprint density at radius 1 is 1.06 bits per heavy atom. The molecule has 0 spiro atoms. The summed E-state index contributed by atoms with van der Waals surface area (Å²) in [6.45, 7) is 4.16. The summed E-state index contributed by atoms with van der Waals surface area (Å²) >= 11 is 6.59. The van der Waals surface area contributed by atoms with Gasteiger partial charge < -0.3 is 14.5 Å². The number of hydrogen-bond donors (Lipinski definition) is 1. The van der Waals surface area contributed by atoms with Gasteiger partial charge in [0, 0.05) is 48.1 Å². The molecule has 1 N–H and O–H groups in total. The SMILES string of the molecule is CCCOC(=O)N1CCN(C(=O)c2ccc3c(Cl)cc(-c4cccc5[nH]ncc45)nc3c2)CC1. The summed E-state index contributed by atoms with van der Waals surface area (Å²) in [5.41, 5.74) is 3.73. The Morgan fingerprint density at radius 2 is 1.85 bits per heavy atom. The minimum absolute atomic E-state index is 0.0938. The van der Waals surface area contributed by atoms with Crippen LogP contribution in [0.3, 0.4) is 0 Å². The molecule has 0 radical (unpaired) electrons. The third kappa shape index (κ3) is 4.17. The standard InChI is InChI=1S/C25H24ClN5O3/c1-2-12-34-25(33)31-10-8-30(9-11-31)24(32)16-6-7-18-20(26)14-23(28-22(18)13-16)17-4-3-5-21-19(17)15-27-29-21/h3-7,13-15H,2,8-12H2,1H3,(H,27,29). The van der Waals surface area contributed by atoms with Crippen LogP contribution in [-0.4, -0.2) is 69.8 Å². The van der Waals surface area contributed by atoms with E-state index in [4.69, 9.17) is 21.3 Å². The Hall–Kier alpha value is -3.65. The molecule has 2 aromatic carbocycles. The van der Waals surface area contributed by atoms with E-state index in [1.807, 2.05) is 37.3 Å². The van der Waals surface area contributed by atoms with Gasteiger partial charge in [-0.2, -0.15) is 5.10 Å². The van der Waals surface area contributed by atoms with Crippen LogP contribution in [0, 0.1) is 0 Å². The highest BCUT2D eigenvalue weighted by atomic mass is 35.5. The number of fused-ring (bicyclic) bond motifs is 2. The molecule has 8 nitrogen and oxygen atoms in total. The molecule has 0 aliphatic carbocycles. The van der Waals surface area contributed by atoms with Gasteiger partial charge in [0.25, 0.3) is 5.91 Å². The Labute approximate surface area is 201 Å². The minimum Gasteiger partial charge on any atom is -0.449 e. The van der Waals surface area contributed by atoms with E-state index in [1.54, 1.807) is 28.1 Å². The molecule has 4 aromatic rings. The Morgan fingerprint density at radius 3 is 2.65 bits per heavy atom. The first kappa shape index (κ1) is 22.2. The summed E-state index contributed by atoms with van der Waals surface area (Å²) in [6.07, 6.45) is 2.23. The lowest BCUT2D eigenvalue weighted by molar-refractivity contribution is 0.0560. The van der Waals surface area contributed by atoms with Crippen LogP contribution in [0.4, 0.5) is 4.79 Å². The Balaban J connectivity index is 1.39. The van der Waals surface area contributed by atoms with Crippen molar-refractivity contribution < 1.29 is 14.3 Å². The van der Waals surface area contributed by atoms with Crippen molar-refractivity contribution in [2.75, 3.05) is 32.8 Å². The monoisotopic (exact) mass is 477 g/mol. The number of amides is 2. The third-order valence-corrected chi connectivity index (χ3v) is 6.33. The highest BCUT2D eigenvalue weighted by Gasteiger charge is 2.26. The number of benzene rings is 2. The molecule has 1 aliphatic rings. The van der Waals surface area contributed by atoms with Gasteiger partial charge in [-0.25, -0.2) is 9.78 Å². The van der Waals surface area contributed by atoms with Crippen molar-refractivity contribution in [3.8, 4) is 11.3 Å². The van der Waals surface area contributed by atoms with Crippen LogP contribution >= 0.6 is 11.6 Å². The minimum atomic E-state index is -0.321. The number of piperazine rings is 1. The largest absolute Gasteiger partial charge is 0.449 e. The summed E-state index contributed by atoms with van der Waals surface area (Å²) in [5, 5.41) is 9.39. The molecule has 1 saturated heterocycles. The molecule has 2 amide bonds. The molecule has 0 atom stereocenters. The van der Waals surface area contributed by atoms with Crippen LogP contribution in [0.25, 0.3) is 33.1 Å². The van der Waals surface area contributed by atoms with E-state index in [1.165, 1.54) is 0 Å². The molecule has 3 heterocycles. The molecule has 0 saturated carbocycles. The van der Waals surface area contributed by atoms with Crippen molar-refractivity contribution in [2.24, 2.45) is 0 Å². The predicted molar refractivity (Wildman–Crippen MR) is 131 cm³/mol. The topological polar surface area (TPSA) is 91.4 Å². The van der Waals surface area contributed by atoms with Gasteiger partial charge >= 0.3 is 6.09 Å². The average molecular weight is 478 g/mol. The Bertz CT molecular complexity index is 1380. The number of rotatable bonds is 4. The molecule has 9 heteroatoms. The van der Waals surface area contributed by atoms with Gasteiger partial charge in [0.1, 0.15) is 0 Å². The molecular weight excluding hydrogens is 454 g/mol. The van der Waals surface area contributed by atoms with Crippen molar-refractivity contribution in [1.29, 1.82) is 0 Å². The van der Waals surface area contributed by atoms with E-state index < -0.39 is 0 Å². The smallest absolute Gasteiger partial charge is 0.409 e. The number of halogens is 1. The van der Waals surface area contributed by atoms with Gasteiger partial charge in [-0.1, -0.05) is 36.7 Å². The second-order valence-corrected chi connectivity index (χ2v) is 8.66. The summed E-state index contributed by atoms with van der Waals surface area (Å²) in [4.78, 5) is 33.5. The van der Waals surface area contributed by atoms with Crippen LogP contribution in [0.1, 0.15) is 23.7 Å². The number of carbonyl (C=O) groups is 2. The van der Waals surface area contributed by atoms with E-state index in [2.05, 4.69) is 10.2 Å². The lowest BCUT2D eigenvalue weighted by Gasteiger charge is -2.34. The van der Waals surface area contributed by atoms with Gasteiger partial charge in [0.15, 0.2) is 0 Å². The van der Waals surface area contributed by atoms with Gasteiger partial charge in [-0.05, 0) is 30.7 Å². The van der Waals surface area contributed by atoms with Crippen LogP contribution in [0.15, 0.2) is 48.7 Å². The van der Waals surface area contributed by atoms with Gasteiger partial charge in [0.05, 0.1) is 34.6 Å². The normalized spacial score (nSPS) is 14.1. The molecule has 0 bridgehead atoms. The lowest BCUT2D eigenvalue weighted by atomic mass is 10.0. The second kappa shape index (κ2) is 9.30. The molecular formula is C25H24ClN5O3. The number of hydrogen-bond acceptors (Lipinski definition) is 5. The summed E-state index contributed by atoms with van der Waals surface area (Å²) in [7, 11) is 0. The molecule has 5 rings (SSSR count). The highest BCUT2D eigenvalue weighted by Crippen LogP contribution is 2.32. The fraction of sp³-hybridized carbons (Fsp3) is 0.280. The number of carbonyl (C=O) groups excluding carboxylic acids is 2. The van der Waals surface area contributed by atoms with Gasteiger partial charge in [0.2, 0.25) is 0 Å². The number of nitrogens with one attached hydrogen (secondary N) is 1. The highest BCUT2D eigenvalue weighted by molar-refractivity contribution is 6.35. The lowest BCUT2D eigenvalue weighted by Crippen LogP contribution is -2.50. The van der Waals surface area contributed by atoms with Gasteiger partial charge in [-0.3, -0.25) is 9.89 Å². The number of aromatic amines is 1. The van der Waals surface area contributed by atoms with Crippen molar-refractivity contribution in [3.63, 3.8) is 0 Å². The number of pyridine rings is 1. The fourth-order valence-electron chi connectivity index (χ4n) is 4.20. The van der Waals surface area contributed by atoms with Crippen molar-refractivity contribution in [1.82, 2.24) is 25.0 Å². The first-order valence-electron chi connectivity index (χ1n) is 11.3. The average Bonchev–Trinajstić information content (AvgIpc) is 3.35. The zero-order valence-corrected chi connectivity index (χ0v) is 19.5. The van der Waals surface area contributed by atoms with E-state index in [0.29, 0.717) is 54.6 Å². The molecule has 1 aliphatic heterocycles. The molecule has 1 fully saturated rings. The Kier molecular flexibility index (Phi) is 6.06. The molecule has 34 heavy (non-hydrogen) atoms. The predicted octanol–water partition coefficient (Wildman–Crippen LogP) is 4.74. The van der Waals surface area contributed by atoms with Crippen molar-refractivity contribution >= 4 is 45.4 Å². The number of H-pyrrole nitrogens is 1. The zero-order valence-electron chi connectivity index (χ0n) is 18.8. The van der Waals surface area contributed by atoms with Crippen molar-refractivity contribution in [2.45, 2.75) is 13.3 Å². The van der Waals surface area contributed by atoms with Crippen LogP contribution < -0.4 is 0 Å². The first-order valence-corrected chi connectivity index (χ1v) is 11.7. The maximum atomic E-state index is 13.2. The van der Waals surface area contributed by atoms with Crippen molar-refractivity contribution in [3.05, 3.63) is 59.2 Å². The molecule has 174 valence electrons. The van der Waals surface area contributed by atoms with Crippen LogP contribution in [0.5, 0.6) is 0 Å².